The van der Waals surface area contributed by atoms with Crippen molar-refractivity contribution in [3.8, 4) is 0 Å². The Bertz CT molecular complexity index is 249. The van der Waals surface area contributed by atoms with Crippen LogP contribution in [0.1, 0.15) is 12.8 Å². The van der Waals surface area contributed by atoms with E-state index < -0.39 is 10.0 Å². The number of nitrogens with zero attached hydrogens (tertiary/aromatic N) is 1. The first-order valence-electron chi connectivity index (χ1n) is 3.71. The van der Waals surface area contributed by atoms with E-state index in [4.69, 9.17) is 4.74 Å². The molecule has 0 aromatic carbocycles. The van der Waals surface area contributed by atoms with Gasteiger partial charge in [-0.05, 0) is 12.8 Å². The van der Waals surface area contributed by atoms with E-state index >= 15 is 0 Å². The van der Waals surface area contributed by atoms with Gasteiger partial charge in [-0.3, -0.25) is 0 Å². The summed E-state index contributed by atoms with van der Waals surface area (Å²) < 4.78 is 28.7. The van der Waals surface area contributed by atoms with E-state index in [9.17, 15) is 8.42 Å². The van der Waals surface area contributed by atoms with Crippen LogP contribution >= 0.6 is 0 Å². The molecule has 4 nitrogen and oxygen atoms in total. The summed E-state index contributed by atoms with van der Waals surface area (Å²) in [6.45, 7) is 0.702. The van der Waals surface area contributed by atoms with Gasteiger partial charge in [-0.1, -0.05) is 0 Å². The van der Waals surface area contributed by atoms with Gasteiger partial charge < -0.3 is 4.74 Å². The number of rotatable bonds is 1. The molecule has 0 aromatic rings. The SMILES string of the molecule is CS(=O)(=O)N1[C@H]2CCCO[C@@H]21. The van der Waals surface area contributed by atoms with Gasteiger partial charge in [0.25, 0.3) is 0 Å². The number of sulfonamides is 1. The van der Waals surface area contributed by atoms with Gasteiger partial charge in [-0.2, -0.15) is 4.31 Å². The van der Waals surface area contributed by atoms with Crippen LogP contribution in [0.4, 0.5) is 0 Å². The second kappa shape index (κ2) is 2.18. The van der Waals surface area contributed by atoms with Crippen molar-refractivity contribution in [2.75, 3.05) is 12.9 Å². The molecule has 1 unspecified atom stereocenters. The first-order chi connectivity index (χ1) is 5.11. The second-order valence-electron chi connectivity index (χ2n) is 3.06. The fraction of sp³-hybridized carbons (Fsp3) is 1.00. The molecule has 0 N–H and O–H groups in total. The first-order valence-corrected chi connectivity index (χ1v) is 5.55. The van der Waals surface area contributed by atoms with Crippen LogP contribution in [0.2, 0.25) is 0 Å². The smallest absolute Gasteiger partial charge is 0.213 e. The maximum absolute atomic E-state index is 11.0. The standard InChI is InChI=1S/C6H11NO3S/c1-11(8,9)7-5-3-2-4-10-6(5)7/h5-6H,2-4H2,1H3/t5-,6-,7?/m0/s1. The maximum Gasteiger partial charge on any atom is 0.213 e. The Balaban J connectivity index is 2.12. The van der Waals surface area contributed by atoms with E-state index in [1.54, 1.807) is 0 Å². The van der Waals surface area contributed by atoms with Gasteiger partial charge in [0.05, 0.1) is 12.3 Å². The minimum Gasteiger partial charge on any atom is -0.360 e. The molecule has 0 spiro atoms. The zero-order valence-electron chi connectivity index (χ0n) is 6.36. The molecule has 0 amide bonds. The molecule has 2 rings (SSSR count). The predicted octanol–water partition coefficient (Wildman–Crippen LogP) is -0.233. The lowest BCUT2D eigenvalue weighted by atomic mass is 10.2. The molecule has 64 valence electrons. The summed E-state index contributed by atoms with van der Waals surface area (Å²) in [6, 6.07) is 0.152. The second-order valence-corrected chi connectivity index (χ2v) is 4.95. The van der Waals surface area contributed by atoms with E-state index in [1.165, 1.54) is 10.6 Å². The lowest BCUT2D eigenvalue weighted by molar-refractivity contribution is 0.0788. The van der Waals surface area contributed by atoms with Gasteiger partial charge in [-0.15, -0.1) is 0 Å². The van der Waals surface area contributed by atoms with Gasteiger partial charge in [0, 0.05) is 6.61 Å². The highest BCUT2D eigenvalue weighted by molar-refractivity contribution is 7.88. The summed E-state index contributed by atoms with van der Waals surface area (Å²) in [7, 11) is -3.00. The van der Waals surface area contributed by atoms with E-state index in [-0.39, 0.29) is 12.3 Å². The number of ether oxygens (including phenoxy) is 1. The lowest BCUT2D eigenvalue weighted by Gasteiger charge is -2.04. The maximum atomic E-state index is 11.0. The molecule has 0 bridgehead atoms. The molecule has 2 aliphatic rings. The highest BCUT2D eigenvalue weighted by atomic mass is 32.2. The highest BCUT2D eigenvalue weighted by Crippen LogP contribution is 2.38. The van der Waals surface area contributed by atoms with Crippen molar-refractivity contribution in [3.63, 3.8) is 0 Å². The van der Waals surface area contributed by atoms with Gasteiger partial charge in [0.15, 0.2) is 0 Å². The van der Waals surface area contributed by atoms with Crippen LogP contribution in [0.15, 0.2) is 0 Å². The Morgan fingerprint density at radius 2 is 2.27 bits per heavy atom. The average molecular weight is 177 g/mol. The third-order valence-corrected chi connectivity index (χ3v) is 3.38. The summed E-state index contributed by atoms with van der Waals surface area (Å²) in [6.07, 6.45) is 3.04. The Morgan fingerprint density at radius 1 is 1.55 bits per heavy atom. The van der Waals surface area contributed by atoms with Crippen molar-refractivity contribution < 1.29 is 13.2 Å². The molecular weight excluding hydrogens is 166 g/mol. The van der Waals surface area contributed by atoms with E-state index in [1.807, 2.05) is 0 Å². The van der Waals surface area contributed by atoms with Crippen LogP contribution in [-0.4, -0.2) is 37.9 Å². The largest absolute Gasteiger partial charge is 0.360 e. The number of fused-ring (bicyclic) bond motifs is 1. The fourth-order valence-electron chi connectivity index (χ4n) is 1.62. The molecule has 0 aliphatic carbocycles. The Hall–Kier alpha value is -0.130. The topological polar surface area (TPSA) is 46.4 Å². The van der Waals surface area contributed by atoms with Crippen molar-refractivity contribution in [1.29, 1.82) is 0 Å². The Labute approximate surface area is 66.2 Å². The summed E-state index contributed by atoms with van der Waals surface area (Å²) in [5.41, 5.74) is 0. The zero-order chi connectivity index (χ0) is 8.06. The number of hydrogen-bond donors (Lipinski definition) is 0. The Morgan fingerprint density at radius 3 is 2.73 bits per heavy atom. The van der Waals surface area contributed by atoms with Crippen molar-refractivity contribution in [2.45, 2.75) is 25.1 Å². The summed E-state index contributed by atoms with van der Waals surface area (Å²) >= 11 is 0. The third kappa shape index (κ3) is 1.17. The van der Waals surface area contributed by atoms with E-state index in [2.05, 4.69) is 0 Å². The summed E-state index contributed by atoms with van der Waals surface area (Å²) in [5.74, 6) is 0. The van der Waals surface area contributed by atoms with Crippen LogP contribution < -0.4 is 0 Å². The number of hydrogen-bond acceptors (Lipinski definition) is 3. The van der Waals surface area contributed by atoms with Crippen LogP contribution in [0.3, 0.4) is 0 Å². The molecular formula is C6H11NO3S. The third-order valence-electron chi connectivity index (χ3n) is 2.13. The molecule has 2 heterocycles. The van der Waals surface area contributed by atoms with Crippen molar-refractivity contribution in [3.05, 3.63) is 0 Å². The highest BCUT2D eigenvalue weighted by Gasteiger charge is 2.55. The van der Waals surface area contributed by atoms with Crippen molar-refractivity contribution in [1.82, 2.24) is 4.31 Å². The van der Waals surface area contributed by atoms with Crippen LogP contribution in [0.5, 0.6) is 0 Å². The lowest BCUT2D eigenvalue weighted by Crippen LogP contribution is -2.13. The molecule has 0 saturated carbocycles. The van der Waals surface area contributed by atoms with Crippen LogP contribution in [0.25, 0.3) is 0 Å². The minimum atomic E-state index is -3.00. The van der Waals surface area contributed by atoms with E-state index in [0.29, 0.717) is 6.61 Å². The van der Waals surface area contributed by atoms with Crippen LogP contribution in [0, 0.1) is 0 Å². The molecule has 2 saturated heterocycles. The van der Waals surface area contributed by atoms with Gasteiger partial charge in [-0.25, -0.2) is 8.42 Å². The van der Waals surface area contributed by atoms with Crippen molar-refractivity contribution in [2.24, 2.45) is 0 Å². The van der Waals surface area contributed by atoms with Crippen molar-refractivity contribution >= 4 is 10.0 Å². The quantitative estimate of drug-likeness (QED) is 0.520. The van der Waals surface area contributed by atoms with E-state index in [0.717, 1.165) is 12.8 Å². The van der Waals surface area contributed by atoms with Gasteiger partial charge in [0.1, 0.15) is 6.23 Å². The molecule has 0 radical (unpaired) electrons. The summed E-state index contributed by atoms with van der Waals surface area (Å²) in [5, 5.41) is 0. The molecule has 3 atom stereocenters. The molecule has 11 heavy (non-hydrogen) atoms. The monoisotopic (exact) mass is 177 g/mol. The molecule has 5 heteroatoms. The first kappa shape index (κ1) is 7.52. The molecule has 0 aromatic heterocycles. The summed E-state index contributed by atoms with van der Waals surface area (Å²) in [4.78, 5) is 0. The Kier molecular flexibility index (Phi) is 1.49. The fourth-order valence-corrected chi connectivity index (χ4v) is 2.85. The van der Waals surface area contributed by atoms with Crippen LogP contribution in [-0.2, 0) is 14.8 Å². The predicted molar refractivity (Wildman–Crippen MR) is 39.4 cm³/mol. The normalized spacial score (nSPS) is 43.2. The minimum absolute atomic E-state index is 0.126. The average Bonchev–Trinajstić information content (AvgIpc) is 2.58. The molecule has 2 fully saturated rings. The molecule has 2 aliphatic heterocycles. The van der Waals surface area contributed by atoms with Gasteiger partial charge >= 0.3 is 0 Å². The van der Waals surface area contributed by atoms with Gasteiger partial charge in [0.2, 0.25) is 10.0 Å². The zero-order valence-corrected chi connectivity index (χ0v) is 7.17.